The van der Waals surface area contributed by atoms with E-state index in [0.29, 0.717) is 30.4 Å². The fourth-order valence-corrected chi connectivity index (χ4v) is 9.84. The van der Waals surface area contributed by atoms with Crippen LogP contribution in [-0.4, -0.2) is 112 Å². The molecule has 2 aromatic carbocycles. The number of piperazine rings is 1. The van der Waals surface area contributed by atoms with Crippen molar-refractivity contribution in [3.8, 4) is 5.00 Å². The molecule has 0 saturated carbocycles. The molecule has 0 spiro atoms. The monoisotopic (exact) mass is 880 g/mol. The predicted molar refractivity (Wildman–Crippen MR) is 244 cm³/mol. The molecule has 2 saturated heterocycles. The van der Waals surface area contributed by atoms with Gasteiger partial charge in [0.05, 0.1) is 12.1 Å². The Bertz CT molecular complexity index is 2400. The molecule has 6 heterocycles. The highest BCUT2D eigenvalue weighted by Crippen LogP contribution is 2.39. The molecule has 8 rings (SSSR count). The number of piperidine rings is 1. The number of nitrogens with one attached hydrogen (secondary N) is 3. The lowest BCUT2D eigenvalue weighted by Crippen LogP contribution is -2.47. The third kappa shape index (κ3) is 10.2. The minimum Gasteiger partial charge on any atom is -0.369 e. The number of anilines is 3. The van der Waals surface area contributed by atoms with Gasteiger partial charge in [-0.1, -0.05) is 29.8 Å². The number of aryl methyl sites for hydroxylation is 2. The van der Waals surface area contributed by atoms with Gasteiger partial charge in [0.25, 0.3) is 0 Å². The first-order valence-corrected chi connectivity index (χ1v) is 22.7. The molecule has 326 valence electrons. The highest BCUT2D eigenvalue weighted by molar-refractivity contribution is 7.15. The summed E-state index contributed by atoms with van der Waals surface area (Å²) in [6.45, 7) is 13.0. The van der Waals surface area contributed by atoms with Gasteiger partial charge >= 0.3 is 0 Å². The number of thiophene rings is 1. The van der Waals surface area contributed by atoms with Gasteiger partial charge in [-0.2, -0.15) is 0 Å². The first kappa shape index (κ1) is 43.2. The van der Waals surface area contributed by atoms with E-state index in [2.05, 4.69) is 64.7 Å². The molecule has 0 bridgehead atoms. The van der Waals surface area contributed by atoms with E-state index in [1.807, 2.05) is 47.9 Å². The zero-order chi connectivity index (χ0) is 43.2. The van der Waals surface area contributed by atoms with Crippen molar-refractivity contribution in [3.63, 3.8) is 0 Å². The second-order valence-corrected chi connectivity index (χ2v) is 17.9. The van der Waals surface area contributed by atoms with E-state index in [1.165, 1.54) is 10.9 Å². The first-order chi connectivity index (χ1) is 30.1. The molecule has 3 aromatic heterocycles. The van der Waals surface area contributed by atoms with E-state index in [-0.39, 0.29) is 30.1 Å². The third-order valence-corrected chi connectivity index (χ3v) is 13.4. The Kier molecular flexibility index (Phi) is 13.7. The number of fused-ring (bicyclic) bond motifs is 3. The van der Waals surface area contributed by atoms with Crippen LogP contribution in [0, 0.1) is 26.6 Å². The van der Waals surface area contributed by atoms with E-state index in [4.69, 9.17) is 16.6 Å². The lowest BCUT2D eigenvalue weighted by Gasteiger charge is -2.36. The number of amides is 2. The van der Waals surface area contributed by atoms with Gasteiger partial charge in [-0.25, -0.2) is 14.4 Å². The van der Waals surface area contributed by atoms with Crippen molar-refractivity contribution in [2.45, 2.75) is 71.4 Å². The van der Waals surface area contributed by atoms with Crippen molar-refractivity contribution in [2.24, 2.45) is 4.99 Å². The molecular weight excluding hydrogens is 827 g/mol. The standard InChI is InChI=1S/C45H54ClFN12O2S/c1-29-30(2)62-45-42(29)43(32-12-14-33(46)15-13-32)53-37(44-55-54-31(3)59(44)45)25-41(61)49-17-16-48-40(60)11-4-5-18-56-20-22-57(23-21-56)39-26-38(50-28-51-39)52-35-9-7-19-58(27-35)36-10-6-8-34(47)24-36/h6,8,10,12-15,24,26,28,35,37H,4-5,7,9,11,16-23,25,27H2,1-3H3,(H,48,60)(H,49,61)(H,50,51,52)/t35-,37+/m1/s1. The van der Waals surface area contributed by atoms with Gasteiger partial charge in [-0.05, 0) is 88.9 Å². The zero-order valence-electron chi connectivity index (χ0n) is 35.5. The van der Waals surface area contributed by atoms with Crippen molar-refractivity contribution in [3.05, 3.63) is 105 Å². The molecule has 2 amide bonds. The molecule has 2 fully saturated rings. The average Bonchev–Trinajstić information content (AvgIpc) is 3.76. The second-order valence-electron chi connectivity index (χ2n) is 16.3. The summed E-state index contributed by atoms with van der Waals surface area (Å²) < 4.78 is 15.9. The molecule has 0 aliphatic carbocycles. The summed E-state index contributed by atoms with van der Waals surface area (Å²) in [4.78, 5) is 48.4. The number of unbranched alkanes of at least 4 members (excludes halogenated alkanes) is 1. The molecule has 0 unspecified atom stereocenters. The van der Waals surface area contributed by atoms with E-state index in [1.54, 1.807) is 29.8 Å². The largest absolute Gasteiger partial charge is 0.369 e. The number of hydrogen-bond donors (Lipinski definition) is 3. The highest BCUT2D eigenvalue weighted by Gasteiger charge is 2.32. The summed E-state index contributed by atoms with van der Waals surface area (Å²) in [5.41, 5.74) is 4.77. The molecule has 0 radical (unpaired) electrons. The molecule has 3 aliphatic heterocycles. The summed E-state index contributed by atoms with van der Waals surface area (Å²) in [7, 11) is 0. The number of aliphatic imine (C=N–C) groups is 1. The molecule has 62 heavy (non-hydrogen) atoms. The Labute approximate surface area is 371 Å². The van der Waals surface area contributed by atoms with Gasteiger partial charge in [0.2, 0.25) is 11.8 Å². The van der Waals surface area contributed by atoms with E-state index < -0.39 is 6.04 Å². The second kappa shape index (κ2) is 19.7. The molecule has 2 atom stereocenters. The molecule has 14 nitrogen and oxygen atoms in total. The normalized spacial score (nSPS) is 17.8. The van der Waals surface area contributed by atoms with Crippen LogP contribution < -0.4 is 25.8 Å². The van der Waals surface area contributed by atoms with Crippen LogP contribution in [0.3, 0.4) is 0 Å². The highest BCUT2D eigenvalue weighted by atomic mass is 35.5. The van der Waals surface area contributed by atoms with Crippen LogP contribution in [-0.2, 0) is 9.59 Å². The fourth-order valence-electron chi connectivity index (χ4n) is 8.50. The Morgan fingerprint density at radius 2 is 1.69 bits per heavy atom. The van der Waals surface area contributed by atoms with Crippen LogP contribution in [0.25, 0.3) is 5.00 Å². The number of halogens is 2. The van der Waals surface area contributed by atoms with Crippen LogP contribution in [0.15, 0.2) is 65.9 Å². The first-order valence-electron chi connectivity index (χ1n) is 21.6. The van der Waals surface area contributed by atoms with Crippen LogP contribution in [0.2, 0.25) is 5.02 Å². The van der Waals surface area contributed by atoms with E-state index in [0.717, 1.165) is 122 Å². The minimum absolute atomic E-state index is 0.0199. The molecule has 3 aliphatic rings. The molecular formula is C45H54ClFN12O2S. The fraction of sp³-hybridized carbons (Fsp3) is 0.444. The summed E-state index contributed by atoms with van der Waals surface area (Å²) in [5, 5.41) is 20.0. The minimum atomic E-state index is -0.559. The maximum atomic E-state index is 13.8. The number of carbonyl (C=O) groups is 2. The zero-order valence-corrected chi connectivity index (χ0v) is 37.1. The van der Waals surface area contributed by atoms with Gasteiger partial charge in [0.15, 0.2) is 5.82 Å². The van der Waals surface area contributed by atoms with Gasteiger partial charge in [0.1, 0.15) is 40.6 Å². The van der Waals surface area contributed by atoms with Crippen LogP contribution >= 0.6 is 22.9 Å². The van der Waals surface area contributed by atoms with Crippen LogP contribution in [0.5, 0.6) is 0 Å². The summed E-state index contributed by atoms with van der Waals surface area (Å²) in [6.07, 6.45) is 5.91. The maximum absolute atomic E-state index is 13.8. The molecule has 3 N–H and O–H groups in total. The van der Waals surface area contributed by atoms with Crippen molar-refractivity contribution in [2.75, 3.05) is 74.0 Å². The Morgan fingerprint density at radius 1 is 0.903 bits per heavy atom. The lowest BCUT2D eigenvalue weighted by molar-refractivity contribution is -0.123. The number of nitrogens with zero attached hydrogens (tertiary/aromatic N) is 9. The van der Waals surface area contributed by atoms with Crippen molar-refractivity contribution >= 4 is 57.8 Å². The van der Waals surface area contributed by atoms with Crippen LogP contribution in [0.1, 0.15) is 77.8 Å². The lowest BCUT2D eigenvalue weighted by atomic mass is 9.99. The molecule has 17 heteroatoms. The quantitative estimate of drug-likeness (QED) is 0.101. The Balaban J connectivity index is 0.741. The Hall–Kier alpha value is -5.45. The van der Waals surface area contributed by atoms with Gasteiger partial charge in [-0.3, -0.25) is 24.0 Å². The van der Waals surface area contributed by atoms with E-state index in [9.17, 15) is 14.0 Å². The van der Waals surface area contributed by atoms with Gasteiger partial charge in [0, 0.05) is 97.6 Å². The SMILES string of the molecule is Cc1sc2c(c1C)C(c1ccc(Cl)cc1)=N[C@@H](CC(=O)NCCNC(=O)CCCCN1CCN(c3cc(N[C@@H]4CCCN(c5cccc(F)c5)C4)ncn3)CC1)c1nnc(C)n1-2. The number of rotatable bonds is 15. The van der Waals surface area contributed by atoms with Crippen molar-refractivity contribution < 1.29 is 14.0 Å². The topological polar surface area (TPSA) is 149 Å². The van der Waals surface area contributed by atoms with Crippen LogP contribution in [0.4, 0.5) is 21.7 Å². The summed E-state index contributed by atoms with van der Waals surface area (Å²) in [5.74, 6) is 2.67. The number of carbonyl (C=O) groups excluding carboxylic acids is 2. The van der Waals surface area contributed by atoms with Gasteiger partial charge < -0.3 is 25.8 Å². The molecule has 5 aromatic rings. The number of aromatic nitrogens is 5. The smallest absolute Gasteiger partial charge is 0.222 e. The summed E-state index contributed by atoms with van der Waals surface area (Å²) in [6, 6.07) is 16.1. The van der Waals surface area contributed by atoms with E-state index >= 15 is 0 Å². The summed E-state index contributed by atoms with van der Waals surface area (Å²) >= 11 is 7.91. The van der Waals surface area contributed by atoms with Gasteiger partial charge in [-0.15, -0.1) is 21.5 Å². The number of hydrogen-bond acceptors (Lipinski definition) is 12. The maximum Gasteiger partial charge on any atom is 0.222 e. The van der Waals surface area contributed by atoms with Crippen molar-refractivity contribution in [1.82, 2.24) is 40.3 Å². The van der Waals surface area contributed by atoms with Crippen molar-refractivity contribution in [1.29, 1.82) is 0 Å². The number of benzene rings is 2. The third-order valence-electron chi connectivity index (χ3n) is 11.9. The Morgan fingerprint density at radius 3 is 2.48 bits per heavy atom. The average molecular weight is 882 g/mol. The predicted octanol–water partition coefficient (Wildman–Crippen LogP) is 6.42.